The number of rotatable bonds is 12. The number of hydrogen-bond acceptors (Lipinski definition) is 6. The number of nitrogens with zero attached hydrogens (tertiary/aromatic N) is 2. The Balaban J connectivity index is 2.43. The summed E-state index contributed by atoms with van der Waals surface area (Å²) in [6.45, 7) is 12.2. The number of hydrogen-bond donors (Lipinski definition) is 3. The van der Waals surface area contributed by atoms with E-state index < -0.39 is 12.0 Å². The van der Waals surface area contributed by atoms with E-state index in [4.69, 9.17) is 9.26 Å². The van der Waals surface area contributed by atoms with Crippen molar-refractivity contribution in [3.63, 3.8) is 0 Å². The Labute approximate surface area is 195 Å². The van der Waals surface area contributed by atoms with Crippen molar-refractivity contribution in [1.82, 2.24) is 5.16 Å². The Hall–Kier alpha value is -3.07. The summed E-state index contributed by atoms with van der Waals surface area (Å²) in [6, 6.07) is 6.86. The van der Waals surface area contributed by atoms with E-state index in [1.54, 1.807) is 20.1 Å². The van der Waals surface area contributed by atoms with Gasteiger partial charge in [-0.1, -0.05) is 38.9 Å². The average Bonchev–Trinajstić information content (AvgIpc) is 3.10. The van der Waals surface area contributed by atoms with Gasteiger partial charge in [-0.15, -0.1) is 0 Å². The predicted molar refractivity (Wildman–Crippen MR) is 129 cm³/mol. The van der Waals surface area contributed by atoms with E-state index in [-0.39, 0.29) is 18.9 Å². The number of nitrogens with one attached hydrogen (secondary N) is 2. The molecule has 1 unspecified atom stereocenters. The second kappa shape index (κ2) is 12.2. The van der Waals surface area contributed by atoms with Gasteiger partial charge in [0.25, 0.3) is 0 Å². The summed E-state index contributed by atoms with van der Waals surface area (Å²) in [6.07, 6.45) is -0.0707. The topological polar surface area (TPSA) is 117 Å². The van der Waals surface area contributed by atoms with Crippen LogP contribution in [0.3, 0.4) is 0 Å². The first kappa shape index (κ1) is 26.2. The average molecular weight is 461 g/mol. The van der Waals surface area contributed by atoms with Crippen LogP contribution in [0.2, 0.25) is 0 Å². The minimum absolute atomic E-state index is 0.0707. The number of anilines is 3. The van der Waals surface area contributed by atoms with E-state index in [0.717, 1.165) is 24.3 Å². The number of amides is 2. The van der Waals surface area contributed by atoms with Crippen LogP contribution >= 0.6 is 0 Å². The SMILES string of the molecule is COCC(CC(=O)O)c1ccc(N(CC(C)C)CC(C)C)c(NC(=O)Nc2cc(C)on2)c1. The lowest BCUT2D eigenvalue weighted by Gasteiger charge is -2.31. The van der Waals surface area contributed by atoms with Crippen molar-refractivity contribution in [3.05, 3.63) is 35.6 Å². The van der Waals surface area contributed by atoms with E-state index in [9.17, 15) is 14.7 Å². The van der Waals surface area contributed by atoms with Crippen LogP contribution in [0.1, 0.15) is 51.4 Å². The zero-order valence-electron chi connectivity index (χ0n) is 20.3. The maximum Gasteiger partial charge on any atom is 0.325 e. The minimum Gasteiger partial charge on any atom is -0.481 e. The molecule has 1 aromatic heterocycles. The molecule has 33 heavy (non-hydrogen) atoms. The molecule has 0 spiro atoms. The molecular formula is C24H36N4O5. The van der Waals surface area contributed by atoms with E-state index in [2.05, 4.69) is 48.4 Å². The molecule has 2 aromatic rings. The molecule has 1 aromatic carbocycles. The van der Waals surface area contributed by atoms with Crippen LogP contribution in [0, 0.1) is 18.8 Å². The predicted octanol–water partition coefficient (Wildman–Crippen LogP) is 4.95. The fraction of sp³-hybridized carbons (Fsp3) is 0.542. The number of methoxy groups -OCH3 is 1. The number of ether oxygens (including phenoxy) is 1. The van der Waals surface area contributed by atoms with Crippen molar-refractivity contribution in [2.24, 2.45) is 11.8 Å². The number of aryl methyl sites for hydroxylation is 1. The summed E-state index contributed by atoms with van der Waals surface area (Å²) in [5, 5.41) is 18.7. The molecule has 0 bridgehead atoms. The molecule has 3 N–H and O–H groups in total. The Morgan fingerprint density at radius 3 is 2.30 bits per heavy atom. The zero-order valence-corrected chi connectivity index (χ0v) is 20.3. The Morgan fingerprint density at radius 2 is 1.79 bits per heavy atom. The van der Waals surface area contributed by atoms with Crippen LogP contribution in [0.25, 0.3) is 0 Å². The van der Waals surface area contributed by atoms with E-state index in [1.165, 1.54) is 0 Å². The quantitative estimate of drug-likeness (QED) is 0.410. The molecule has 1 atom stereocenters. The van der Waals surface area contributed by atoms with Crippen LogP contribution in [-0.2, 0) is 9.53 Å². The Morgan fingerprint density at radius 1 is 1.12 bits per heavy atom. The lowest BCUT2D eigenvalue weighted by Crippen LogP contribution is -2.32. The summed E-state index contributed by atoms with van der Waals surface area (Å²) in [4.78, 5) is 26.4. The smallest absolute Gasteiger partial charge is 0.325 e. The van der Waals surface area contributed by atoms with Gasteiger partial charge in [-0.25, -0.2) is 4.79 Å². The lowest BCUT2D eigenvalue weighted by molar-refractivity contribution is -0.137. The van der Waals surface area contributed by atoms with Gasteiger partial charge in [0.1, 0.15) is 5.76 Å². The summed E-state index contributed by atoms with van der Waals surface area (Å²) >= 11 is 0. The van der Waals surface area contributed by atoms with Crippen LogP contribution in [0.15, 0.2) is 28.8 Å². The first-order valence-electron chi connectivity index (χ1n) is 11.2. The number of carboxylic acids is 1. The molecule has 9 heteroatoms. The molecule has 0 radical (unpaired) electrons. The van der Waals surface area contributed by atoms with E-state index in [0.29, 0.717) is 29.1 Å². The highest BCUT2D eigenvalue weighted by molar-refractivity contribution is 6.01. The molecule has 9 nitrogen and oxygen atoms in total. The normalized spacial score (nSPS) is 12.1. The van der Waals surface area contributed by atoms with Gasteiger partial charge < -0.3 is 24.6 Å². The largest absolute Gasteiger partial charge is 0.481 e. The zero-order chi connectivity index (χ0) is 24.5. The van der Waals surface area contributed by atoms with Crippen LogP contribution in [-0.4, -0.2) is 49.1 Å². The van der Waals surface area contributed by atoms with Gasteiger partial charge in [0.05, 0.1) is 24.4 Å². The Kier molecular flexibility index (Phi) is 9.72. The Bertz CT molecular complexity index is 915. The van der Waals surface area contributed by atoms with Crippen molar-refractivity contribution in [1.29, 1.82) is 0 Å². The number of urea groups is 1. The highest BCUT2D eigenvalue weighted by Crippen LogP contribution is 2.33. The molecule has 182 valence electrons. The first-order valence-corrected chi connectivity index (χ1v) is 11.2. The number of carbonyl (C=O) groups is 2. The second-order valence-electron chi connectivity index (χ2n) is 9.12. The standard InChI is InChI=1S/C24H36N4O5/c1-15(2)12-28(13-16(3)4)21-8-7-18(19(14-32-6)11-23(29)30)10-20(21)25-24(31)26-22-9-17(5)33-27-22/h7-10,15-16,19H,11-14H2,1-6H3,(H,29,30)(H2,25,26,27,31). The van der Waals surface area contributed by atoms with E-state index in [1.807, 2.05) is 18.2 Å². The number of aromatic nitrogens is 1. The third kappa shape index (κ3) is 8.42. The fourth-order valence-electron chi connectivity index (χ4n) is 3.72. The van der Waals surface area contributed by atoms with Gasteiger partial charge in [0, 0.05) is 32.2 Å². The maximum absolute atomic E-state index is 12.8. The minimum atomic E-state index is -0.906. The molecular weight excluding hydrogens is 424 g/mol. The van der Waals surface area contributed by atoms with Gasteiger partial charge >= 0.3 is 12.0 Å². The van der Waals surface area contributed by atoms with Gasteiger partial charge in [0.2, 0.25) is 0 Å². The molecule has 2 rings (SSSR count). The van der Waals surface area contributed by atoms with Gasteiger partial charge in [-0.3, -0.25) is 10.1 Å². The van der Waals surface area contributed by atoms with Gasteiger partial charge in [-0.2, -0.15) is 0 Å². The van der Waals surface area contributed by atoms with Crippen LogP contribution in [0.5, 0.6) is 0 Å². The molecule has 0 saturated heterocycles. The number of aliphatic carboxylic acids is 1. The monoisotopic (exact) mass is 460 g/mol. The highest BCUT2D eigenvalue weighted by atomic mass is 16.5. The molecule has 0 aliphatic rings. The van der Waals surface area contributed by atoms with Gasteiger partial charge in [-0.05, 0) is 36.5 Å². The van der Waals surface area contributed by atoms with Crippen molar-refractivity contribution in [3.8, 4) is 0 Å². The molecule has 0 saturated carbocycles. The third-order valence-corrected chi connectivity index (χ3v) is 4.91. The highest BCUT2D eigenvalue weighted by Gasteiger charge is 2.21. The fourth-order valence-corrected chi connectivity index (χ4v) is 3.72. The first-order chi connectivity index (χ1) is 15.6. The van der Waals surface area contributed by atoms with Crippen LogP contribution < -0.4 is 15.5 Å². The van der Waals surface area contributed by atoms with Crippen molar-refractivity contribution in [2.75, 3.05) is 42.3 Å². The second-order valence-corrected chi connectivity index (χ2v) is 9.12. The molecule has 1 heterocycles. The summed E-state index contributed by atoms with van der Waals surface area (Å²) in [5.41, 5.74) is 2.25. The third-order valence-electron chi connectivity index (χ3n) is 4.91. The number of carbonyl (C=O) groups excluding carboxylic acids is 1. The summed E-state index contributed by atoms with van der Waals surface area (Å²) in [7, 11) is 1.54. The number of benzene rings is 1. The molecule has 2 amide bonds. The lowest BCUT2D eigenvalue weighted by atomic mass is 9.95. The van der Waals surface area contributed by atoms with Crippen molar-refractivity contribution >= 4 is 29.2 Å². The maximum atomic E-state index is 12.8. The molecule has 0 fully saturated rings. The van der Waals surface area contributed by atoms with Crippen molar-refractivity contribution in [2.45, 2.75) is 47.0 Å². The van der Waals surface area contributed by atoms with Crippen molar-refractivity contribution < 1.29 is 24.0 Å². The van der Waals surface area contributed by atoms with Gasteiger partial charge in [0.15, 0.2) is 5.82 Å². The van der Waals surface area contributed by atoms with Crippen LogP contribution in [0.4, 0.5) is 22.0 Å². The van der Waals surface area contributed by atoms with E-state index >= 15 is 0 Å². The summed E-state index contributed by atoms with van der Waals surface area (Å²) < 4.78 is 10.3. The summed E-state index contributed by atoms with van der Waals surface area (Å²) in [5.74, 6) is 0.479. The number of carboxylic acid groups (broad SMARTS) is 1. The molecule has 0 aliphatic carbocycles. The molecule has 0 aliphatic heterocycles.